The molecule has 2 N–H and O–H groups in total. The number of primary amides is 1. The van der Waals surface area contributed by atoms with Crippen molar-refractivity contribution in [1.29, 1.82) is 0 Å². The van der Waals surface area contributed by atoms with Crippen molar-refractivity contribution in [2.45, 2.75) is 58.3 Å². The standard InChI is InChI=1S/C12H23NO/c1-2-3-4-10-5-7-11(8-6-10)9-12(13)14/h10-11H,2-9H2,1H3,(H2,13,14)/t10-,11+. The van der Waals surface area contributed by atoms with E-state index in [0.29, 0.717) is 12.3 Å². The van der Waals surface area contributed by atoms with E-state index in [1.54, 1.807) is 0 Å². The average Bonchev–Trinajstić information content (AvgIpc) is 2.16. The number of hydrogen-bond acceptors (Lipinski definition) is 1. The van der Waals surface area contributed by atoms with Gasteiger partial charge in [0.15, 0.2) is 0 Å². The fraction of sp³-hybridized carbons (Fsp3) is 0.917. The Kier molecular flexibility index (Phi) is 4.99. The van der Waals surface area contributed by atoms with E-state index in [4.69, 9.17) is 5.73 Å². The number of unbranched alkanes of at least 4 members (excludes halogenated alkanes) is 1. The molecular formula is C12H23NO. The predicted molar refractivity (Wildman–Crippen MR) is 58.8 cm³/mol. The summed E-state index contributed by atoms with van der Waals surface area (Å²) in [5, 5.41) is 0. The molecule has 1 saturated carbocycles. The molecule has 14 heavy (non-hydrogen) atoms. The molecular weight excluding hydrogens is 174 g/mol. The van der Waals surface area contributed by atoms with E-state index in [0.717, 1.165) is 5.92 Å². The van der Waals surface area contributed by atoms with Gasteiger partial charge in [0.25, 0.3) is 0 Å². The molecule has 0 aromatic rings. The van der Waals surface area contributed by atoms with Crippen LogP contribution in [0.4, 0.5) is 0 Å². The largest absolute Gasteiger partial charge is 0.370 e. The summed E-state index contributed by atoms with van der Waals surface area (Å²) < 4.78 is 0. The van der Waals surface area contributed by atoms with Crippen LogP contribution in [0, 0.1) is 11.8 Å². The molecule has 0 heterocycles. The van der Waals surface area contributed by atoms with E-state index in [-0.39, 0.29) is 5.91 Å². The molecule has 1 aliphatic rings. The van der Waals surface area contributed by atoms with Crippen molar-refractivity contribution in [1.82, 2.24) is 0 Å². The third kappa shape index (κ3) is 4.12. The van der Waals surface area contributed by atoms with Crippen molar-refractivity contribution < 1.29 is 4.79 Å². The first-order valence-electron chi connectivity index (χ1n) is 6.00. The maximum atomic E-state index is 10.7. The van der Waals surface area contributed by atoms with Gasteiger partial charge in [0.2, 0.25) is 5.91 Å². The maximum Gasteiger partial charge on any atom is 0.217 e. The Labute approximate surface area is 87.2 Å². The van der Waals surface area contributed by atoms with Crippen LogP contribution in [-0.4, -0.2) is 5.91 Å². The highest BCUT2D eigenvalue weighted by Gasteiger charge is 2.21. The van der Waals surface area contributed by atoms with Crippen LogP contribution in [0.1, 0.15) is 58.3 Å². The molecule has 1 aliphatic carbocycles. The zero-order valence-electron chi connectivity index (χ0n) is 9.30. The van der Waals surface area contributed by atoms with Gasteiger partial charge in [-0.2, -0.15) is 0 Å². The van der Waals surface area contributed by atoms with Crippen molar-refractivity contribution in [2.75, 3.05) is 0 Å². The van der Waals surface area contributed by atoms with E-state index in [9.17, 15) is 4.79 Å². The molecule has 0 saturated heterocycles. The third-order valence-electron chi connectivity index (χ3n) is 3.42. The van der Waals surface area contributed by atoms with Crippen LogP contribution >= 0.6 is 0 Å². The maximum absolute atomic E-state index is 10.7. The van der Waals surface area contributed by atoms with Gasteiger partial charge in [-0.05, 0) is 24.7 Å². The zero-order chi connectivity index (χ0) is 10.4. The third-order valence-corrected chi connectivity index (χ3v) is 3.42. The Balaban J connectivity index is 2.14. The Morgan fingerprint density at radius 3 is 2.29 bits per heavy atom. The van der Waals surface area contributed by atoms with Crippen LogP contribution in [-0.2, 0) is 4.79 Å². The van der Waals surface area contributed by atoms with Crippen LogP contribution in [0.3, 0.4) is 0 Å². The smallest absolute Gasteiger partial charge is 0.217 e. The highest BCUT2D eigenvalue weighted by molar-refractivity contribution is 5.73. The lowest BCUT2D eigenvalue weighted by Gasteiger charge is -2.27. The molecule has 1 rings (SSSR count). The molecule has 0 spiro atoms. The van der Waals surface area contributed by atoms with Gasteiger partial charge in [-0.15, -0.1) is 0 Å². The molecule has 0 aliphatic heterocycles. The van der Waals surface area contributed by atoms with Gasteiger partial charge in [0, 0.05) is 6.42 Å². The SMILES string of the molecule is CCCC[C@H]1CC[C@@H](CC(N)=O)CC1. The van der Waals surface area contributed by atoms with Crippen LogP contribution < -0.4 is 5.73 Å². The van der Waals surface area contributed by atoms with Crippen molar-refractivity contribution in [3.8, 4) is 0 Å². The van der Waals surface area contributed by atoms with Gasteiger partial charge >= 0.3 is 0 Å². The molecule has 0 radical (unpaired) electrons. The van der Waals surface area contributed by atoms with Crippen molar-refractivity contribution in [2.24, 2.45) is 17.6 Å². The molecule has 82 valence electrons. The molecule has 1 fully saturated rings. The Morgan fingerprint density at radius 1 is 1.21 bits per heavy atom. The number of rotatable bonds is 5. The Hall–Kier alpha value is -0.530. The monoisotopic (exact) mass is 197 g/mol. The van der Waals surface area contributed by atoms with Crippen LogP contribution in [0.2, 0.25) is 0 Å². The number of hydrogen-bond donors (Lipinski definition) is 1. The molecule has 0 aromatic heterocycles. The molecule has 0 bridgehead atoms. The van der Waals surface area contributed by atoms with Gasteiger partial charge in [-0.3, -0.25) is 4.79 Å². The molecule has 2 nitrogen and oxygen atoms in total. The number of carbonyl (C=O) groups excluding carboxylic acids is 1. The number of nitrogens with two attached hydrogens (primary N) is 1. The molecule has 2 heteroatoms. The van der Waals surface area contributed by atoms with Crippen molar-refractivity contribution in [3.63, 3.8) is 0 Å². The fourth-order valence-corrected chi connectivity index (χ4v) is 2.50. The summed E-state index contributed by atoms with van der Waals surface area (Å²) in [5.41, 5.74) is 5.20. The van der Waals surface area contributed by atoms with Crippen molar-refractivity contribution >= 4 is 5.91 Å². The number of carbonyl (C=O) groups is 1. The first-order chi connectivity index (χ1) is 6.72. The summed E-state index contributed by atoms with van der Waals surface area (Å²) in [7, 11) is 0. The van der Waals surface area contributed by atoms with Crippen LogP contribution in [0.25, 0.3) is 0 Å². The van der Waals surface area contributed by atoms with Gasteiger partial charge in [-0.25, -0.2) is 0 Å². The summed E-state index contributed by atoms with van der Waals surface area (Å²) in [6, 6.07) is 0. The quantitative estimate of drug-likeness (QED) is 0.723. The summed E-state index contributed by atoms with van der Waals surface area (Å²) in [6.07, 6.45) is 9.75. The molecule has 0 atom stereocenters. The predicted octanol–water partition coefficient (Wildman–Crippen LogP) is 2.86. The highest BCUT2D eigenvalue weighted by Crippen LogP contribution is 2.33. The number of amides is 1. The minimum absolute atomic E-state index is 0.123. The van der Waals surface area contributed by atoms with E-state index in [1.807, 2.05) is 0 Å². The Bertz CT molecular complexity index is 171. The molecule has 0 aromatic carbocycles. The van der Waals surface area contributed by atoms with E-state index in [1.165, 1.54) is 44.9 Å². The molecule has 1 amide bonds. The lowest BCUT2D eigenvalue weighted by atomic mass is 9.78. The minimum Gasteiger partial charge on any atom is -0.370 e. The van der Waals surface area contributed by atoms with Crippen LogP contribution in [0.15, 0.2) is 0 Å². The fourth-order valence-electron chi connectivity index (χ4n) is 2.50. The van der Waals surface area contributed by atoms with E-state index in [2.05, 4.69) is 6.92 Å². The summed E-state index contributed by atoms with van der Waals surface area (Å²) >= 11 is 0. The highest BCUT2D eigenvalue weighted by atomic mass is 16.1. The summed E-state index contributed by atoms with van der Waals surface area (Å²) in [5.74, 6) is 1.39. The normalized spacial score (nSPS) is 27.5. The van der Waals surface area contributed by atoms with Crippen LogP contribution in [0.5, 0.6) is 0 Å². The average molecular weight is 197 g/mol. The lowest BCUT2D eigenvalue weighted by molar-refractivity contribution is -0.119. The van der Waals surface area contributed by atoms with Gasteiger partial charge in [0.05, 0.1) is 0 Å². The zero-order valence-corrected chi connectivity index (χ0v) is 9.30. The van der Waals surface area contributed by atoms with Gasteiger partial charge in [0.1, 0.15) is 0 Å². The Morgan fingerprint density at radius 2 is 1.79 bits per heavy atom. The second kappa shape index (κ2) is 6.05. The minimum atomic E-state index is -0.123. The van der Waals surface area contributed by atoms with Gasteiger partial charge in [-0.1, -0.05) is 39.0 Å². The first-order valence-corrected chi connectivity index (χ1v) is 6.00. The topological polar surface area (TPSA) is 43.1 Å². The summed E-state index contributed by atoms with van der Waals surface area (Å²) in [6.45, 7) is 2.25. The van der Waals surface area contributed by atoms with Crippen molar-refractivity contribution in [3.05, 3.63) is 0 Å². The van der Waals surface area contributed by atoms with E-state index >= 15 is 0 Å². The first kappa shape index (κ1) is 11.5. The van der Waals surface area contributed by atoms with Gasteiger partial charge < -0.3 is 5.73 Å². The summed E-state index contributed by atoms with van der Waals surface area (Å²) in [4.78, 5) is 10.7. The second-order valence-electron chi connectivity index (χ2n) is 4.70. The second-order valence-corrected chi connectivity index (χ2v) is 4.70. The molecule has 0 unspecified atom stereocenters. The van der Waals surface area contributed by atoms with E-state index < -0.39 is 0 Å². The lowest BCUT2D eigenvalue weighted by Crippen LogP contribution is -2.21.